The summed E-state index contributed by atoms with van der Waals surface area (Å²) in [5.41, 5.74) is 6.05. The number of pyridine rings is 1. The van der Waals surface area contributed by atoms with Gasteiger partial charge in [-0.2, -0.15) is 13.2 Å². The third-order valence-corrected chi connectivity index (χ3v) is 3.05. The van der Waals surface area contributed by atoms with Crippen LogP contribution in [0.3, 0.4) is 0 Å². The predicted octanol–water partition coefficient (Wildman–Crippen LogP) is 4.07. The van der Waals surface area contributed by atoms with Crippen molar-refractivity contribution in [3.8, 4) is 0 Å². The molecule has 1 heterocycles. The predicted molar refractivity (Wildman–Crippen MR) is 74.6 cm³/mol. The molecule has 1 aromatic heterocycles. The van der Waals surface area contributed by atoms with E-state index >= 15 is 0 Å². The van der Waals surface area contributed by atoms with Crippen molar-refractivity contribution in [1.82, 2.24) is 4.98 Å². The van der Waals surface area contributed by atoms with Gasteiger partial charge in [0.05, 0.1) is 5.56 Å². The summed E-state index contributed by atoms with van der Waals surface area (Å²) < 4.78 is 39.1. The van der Waals surface area contributed by atoms with Crippen LogP contribution in [0.25, 0.3) is 0 Å². The zero-order chi connectivity index (χ0) is 14.8. The normalized spacial score (nSPS) is 11.4. The molecule has 2 rings (SSSR count). The largest absolute Gasteiger partial charge is 0.420 e. The Labute approximate surface area is 122 Å². The molecule has 0 aliphatic heterocycles. The maximum absolute atomic E-state index is 12.9. The summed E-state index contributed by atoms with van der Waals surface area (Å²) in [5.74, 6) is -0.235. The zero-order valence-corrected chi connectivity index (χ0v) is 11.8. The number of benzene rings is 1. The highest BCUT2D eigenvalue weighted by molar-refractivity contribution is 9.10. The minimum Gasteiger partial charge on any atom is -0.340 e. The van der Waals surface area contributed by atoms with Gasteiger partial charge in [-0.05, 0) is 39.7 Å². The molecule has 0 bridgehead atoms. The van der Waals surface area contributed by atoms with Crippen LogP contribution < -0.4 is 11.1 Å². The van der Waals surface area contributed by atoms with Crippen LogP contribution in [0.4, 0.5) is 24.7 Å². The van der Waals surface area contributed by atoms with Gasteiger partial charge in [-0.15, -0.1) is 0 Å². The van der Waals surface area contributed by atoms with Crippen molar-refractivity contribution in [2.24, 2.45) is 5.73 Å². The number of alkyl halides is 3. The Morgan fingerprint density at radius 2 is 1.85 bits per heavy atom. The Morgan fingerprint density at radius 1 is 1.20 bits per heavy atom. The third-order valence-electron chi connectivity index (χ3n) is 2.61. The van der Waals surface area contributed by atoms with Gasteiger partial charge in [0, 0.05) is 22.9 Å². The number of nitrogens with zero attached hydrogens (tertiary/aromatic N) is 1. The van der Waals surface area contributed by atoms with Gasteiger partial charge >= 0.3 is 6.18 Å². The van der Waals surface area contributed by atoms with E-state index in [1.165, 1.54) is 6.20 Å². The lowest BCUT2D eigenvalue weighted by Gasteiger charge is -2.14. The van der Waals surface area contributed by atoms with E-state index in [0.717, 1.165) is 11.6 Å². The van der Waals surface area contributed by atoms with Crippen LogP contribution in [0.5, 0.6) is 0 Å². The molecular weight excluding hydrogens is 335 g/mol. The quantitative estimate of drug-likeness (QED) is 0.881. The highest BCUT2D eigenvalue weighted by Crippen LogP contribution is 2.36. The van der Waals surface area contributed by atoms with Gasteiger partial charge in [-0.1, -0.05) is 12.1 Å². The summed E-state index contributed by atoms with van der Waals surface area (Å²) in [6, 6.07) is 7.80. The molecule has 20 heavy (non-hydrogen) atoms. The van der Waals surface area contributed by atoms with Crippen LogP contribution in [-0.2, 0) is 12.7 Å². The van der Waals surface area contributed by atoms with Gasteiger partial charge < -0.3 is 11.1 Å². The van der Waals surface area contributed by atoms with Gasteiger partial charge in [0.15, 0.2) is 0 Å². The van der Waals surface area contributed by atoms with E-state index < -0.39 is 11.7 Å². The molecule has 0 saturated heterocycles. The van der Waals surface area contributed by atoms with E-state index in [1.54, 1.807) is 24.3 Å². The minimum absolute atomic E-state index is 0.235. The van der Waals surface area contributed by atoms with Crippen LogP contribution in [0.1, 0.15) is 11.1 Å². The Balaban J connectivity index is 2.32. The molecule has 2 aromatic rings. The van der Waals surface area contributed by atoms with Crippen molar-refractivity contribution in [1.29, 1.82) is 0 Å². The second-order valence-electron chi connectivity index (χ2n) is 4.07. The zero-order valence-electron chi connectivity index (χ0n) is 10.2. The fourth-order valence-electron chi connectivity index (χ4n) is 1.62. The first-order valence-corrected chi connectivity index (χ1v) is 6.48. The molecule has 1 aromatic carbocycles. The summed E-state index contributed by atoms with van der Waals surface area (Å²) in [6.07, 6.45) is -3.16. The van der Waals surface area contributed by atoms with E-state index in [0.29, 0.717) is 12.2 Å². The van der Waals surface area contributed by atoms with Gasteiger partial charge in [0.25, 0.3) is 0 Å². The molecule has 106 valence electrons. The van der Waals surface area contributed by atoms with Crippen LogP contribution >= 0.6 is 15.9 Å². The van der Waals surface area contributed by atoms with Crippen molar-refractivity contribution in [2.45, 2.75) is 12.7 Å². The fraction of sp³-hybridized carbons (Fsp3) is 0.154. The molecule has 0 amide bonds. The average molecular weight is 346 g/mol. The molecule has 0 aliphatic rings. The lowest BCUT2D eigenvalue weighted by Crippen LogP contribution is -2.10. The molecule has 0 unspecified atom stereocenters. The Morgan fingerprint density at radius 3 is 2.40 bits per heavy atom. The number of hydrogen-bond acceptors (Lipinski definition) is 3. The number of halogens is 4. The van der Waals surface area contributed by atoms with Crippen molar-refractivity contribution in [2.75, 3.05) is 5.32 Å². The Hall–Kier alpha value is -1.60. The Kier molecular flexibility index (Phi) is 4.29. The summed E-state index contributed by atoms with van der Waals surface area (Å²) in [5, 5.41) is 2.66. The maximum Gasteiger partial charge on any atom is 0.420 e. The number of nitrogens with two attached hydrogens (primary N) is 1. The highest BCUT2D eigenvalue weighted by Gasteiger charge is 2.34. The third kappa shape index (κ3) is 3.49. The van der Waals surface area contributed by atoms with Gasteiger partial charge in [0.1, 0.15) is 5.82 Å². The summed E-state index contributed by atoms with van der Waals surface area (Å²) >= 11 is 2.99. The molecule has 0 spiro atoms. The molecule has 0 aliphatic carbocycles. The summed E-state index contributed by atoms with van der Waals surface area (Å²) in [6.45, 7) is 0.380. The fourth-order valence-corrected chi connectivity index (χ4v) is 1.95. The first-order chi connectivity index (χ1) is 9.40. The van der Waals surface area contributed by atoms with Crippen molar-refractivity contribution in [3.63, 3.8) is 0 Å². The van der Waals surface area contributed by atoms with Crippen molar-refractivity contribution >= 4 is 27.4 Å². The minimum atomic E-state index is -4.48. The lowest BCUT2D eigenvalue weighted by molar-refractivity contribution is -0.137. The molecule has 3 N–H and O–H groups in total. The van der Waals surface area contributed by atoms with E-state index in [4.69, 9.17) is 5.73 Å². The SMILES string of the molecule is NCc1ccc(Nc2ncc(Br)cc2C(F)(F)F)cc1. The van der Waals surface area contributed by atoms with Crippen LogP contribution in [-0.4, -0.2) is 4.98 Å². The topological polar surface area (TPSA) is 50.9 Å². The van der Waals surface area contributed by atoms with E-state index in [-0.39, 0.29) is 10.3 Å². The highest BCUT2D eigenvalue weighted by atomic mass is 79.9. The number of hydrogen-bond donors (Lipinski definition) is 2. The first kappa shape index (κ1) is 14.8. The molecular formula is C13H11BrF3N3. The second-order valence-corrected chi connectivity index (χ2v) is 4.99. The smallest absolute Gasteiger partial charge is 0.340 e. The summed E-state index contributed by atoms with van der Waals surface area (Å²) in [7, 11) is 0. The summed E-state index contributed by atoms with van der Waals surface area (Å²) in [4.78, 5) is 3.78. The molecule has 0 radical (unpaired) electrons. The Bertz CT molecular complexity index is 597. The van der Waals surface area contributed by atoms with Gasteiger partial charge in [-0.3, -0.25) is 0 Å². The van der Waals surface area contributed by atoms with Crippen molar-refractivity contribution < 1.29 is 13.2 Å². The van der Waals surface area contributed by atoms with Crippen LogP contribution in [0.2, 0.25) is 0 Å². The molecule has 0 atom stereocenters. The van der Waals surface area contributed by atoms with E-state index in [1.807, 2.05) is 0 Å². The van der Waals surface area contributed by atoms with Gasteiger partial charge in [0.2, 0.25) is 0 Å². The molecule has 3 nitrogen and oxygen atoms in total. The molecule has 7 heteroatoms. The van der Waals surface area contributed by atoms with E-state index in [9.17, 15) is 13.2 Å². The number of anilines is 2. The number of nitrogens with one attached hydrogen (secondary N) is 1. The van der Waals surface area contributed by atoms with Gasteiger partial charge in [-0.25, -0.2) is 4.98 Å². The second kappa shape index (κ2) is 5.80. The molecule has 0 fully saturated rings. The average Bonchev–Trinajstić information content (AvgIpc) is 2.40. The standard InChI is InChI=1S/C13H11BrF3N3/c14-9-5-11(13(15,16)17)12(19-7-9)20-10-3-1-8(6-18)2-4-10/h1-5,7H,6,18H2,(H,19,20). The van der Waals surface area contributed by atoms with Crippen LogP contribution in [0.15, 0.2) is 41.0 Å². The molecule has 0 saturated carbocycles. The number of rotatable bonds is 3. The lowest BCUT2D eigenvalue weighted by atomic mass is 10.2. The number of aromatic nitrogens is 1. The maximum atomic E-state index is 12.9. The van der Waals surface area contributed by atoms with Crippen LogP contribution in [0, 0.1) is 0 Å². The van der Waals surface area contributed by atoms with E-state index in [2.05, 4.69) is 26.2 Å². The first-order valence-electron chi connectivity index (χ1n) is 5.69. The van der Waals surface area contributed by atoms with Crippen molar-refractivity contribution in [3.05, 3.63) is 52.1 Å². The monoisotopic (exact) mass is 345 g/mol.